The molecule has 0 fully saturated rings. The molecule has 2 aromatic carbocycles. The van der Waals surface area contributed by atoms with Crippen LogP contribution in [0.25, 0.3) is 0 Å². The fourth-order valence-electron chi connectivity index (χ4n) is 1.86. The van der Waals surface area contributed by atoms with Gasteiger partial charge in [0.25, 0.3) is 0 Å². The van der Waals surface area contributed by atoms with Gasteiger partial charge in [0.1, 0.15) is 11.9 Å². The van der Waals surface area contributed by atoms with Gasteiger partial charge in [0, 0.05) is 5.02 Å². The molecule has 3 heteroatoms. The Hall–Kier alpha value is -1.51. The average Bonchev–Trinajstić information content (AvgIpc) is 2.41. The summed E-state index contributed by atoms with van der Waals surface area (Å²) in [4.78, 5) is 0. The van der Waals surface area contributed by atoms with Crippen molar-refractivity contribution in [1.82, 2.24) is 0 Å². The van der Waals surface area contributed by atoms with Crippen molar-refractivity contribution < 1.29 is 4.74 Å². The molecule has 0 saturated heterocycles. The van der Waals surface area contributed by atoms with Crippen molar-refractivity contribution in [2.24, 2.45) is 5.73 Å². The summed E-state index contributed by atoms with van der Waals surface area (Å²) in [5, 5.41) is 0.697. The van der Waals surface area contributed by atoms with Crippen LogP contribution in [0.4, 0.5) is 0 Å². The van der Waals surface area contributed by atoms with Gasteiger partial charge < -0.3 is 10.5 Å². The van der Waals surface area contributed by atoms with Crippen LogP contribution in [0.5, 0.6) is 5.75 Å². The van der Waals surface area contributed by atoms with Crippen molar-refractivity contribution in [3.63, 3.8) is 0 Å². The van der Waals surface area contributed by atoms with Gasteiger partial charge in [-0.15, -0.1) is 0 Å². The molecular weight excluding hydrogens is 258 g/mol. The lowest BCUT2D eigenvalue weighted by Crippen LogP contribution is -2.28. The highest BCUT2D eigenvalue weighted by Gasteiger charge is 2.16. The van der Waals surface area contributed by atoms with Gasteiger partial charge in [-0.25, -0.2) is 0 Å². The van der Waals surface area contributed by atoms with Crippen LogP contribution >= 0.6 is 11.6 Å². The van der Waals surface area contributed by atoms with Crippen LogP contribution in [-0.2, 0) is 0 Å². The first-order valence-corrected chi connectivity index (χ1v) is 6.68. The van der Waals surface area contributed by atoms with Crippen LogP contribution < -0.4 is 10.5 Å². The Morgan fingerprint density at radius 2 is 1.58 bits per heavy atom. The summed E-state index contributed by atoms with van der Waals surface area (Å²) in [5.74, 6) is 0.777. The van der Waals surface area contributed by atoms with E-state index in [4.69, 9.17) is 22.1 Å². The molecule has 100 valence electrons. The van der Waals surface area contributed by atoms with Gasteiger partial charge in [-0.2, -0.15) is 0 Å². The Bertz CT molecular complexity index is 521. The first-order valence-electron chi connectivity index (χ1n) is 6.30. The quantitative estimate of drug-likeness (QED) is 0.911. The van der Waals surface area contributed by atoms with E-state index < -0.39 is 0 Å². The standard InChI is InChI=1S/C16H18ClNO/c1-11-3-5-13(6-4-11)16(18)12(2)19-15-9-7-14(17)8-10-15/h3-10,12,16H,18H2,1-2H3. The number of aryl methyl sites for hydroxylation is 1. The Kier molecular flexibility index (Phi) is 4.46. The van der Waals surface area contributed by atoms with Crippen molar-refractivity contribution in [2.75, 3.05) is 0 Å². The van der Waals surface area contributed by atoms with Gasteiger partial charge in [-0.05, 0) is 43.7 Å². The molecule has 2 unspecified atom stereocenters. The molecule has 0 heterocycles. The Labute approximate surface area is 119 Å². The lowest BCUT2D eigenvalue weighted by atomic mass is 10.0. The summed E-state index contributed by atoms with van der Waals surface area (Å²) in [5.41, 5.74) is 8.52. The van der Waals surface area contributed by atoms with Gasteiger partial charge in [0.05, 0.1) is 6.04 Å². The summed E-state index contributed by atoms with van der Waals surface area (Å²) in [6, 6.07) is 15.4. The van der Waals surface area contributed by atoms with Crippen LogP contribution in [-0.4, -0.2) is 6.10 Å². The maximum Gasteiger partial charge on any atom is 0.119 e. The minimum Gasteiger partial charge on any atom is -0.489 e. The van der Waals surface area contributed by atoms with Crippen molar-refractivity contribution >= 4 is 11.6 Å². The molecule has 0 spiro atoms. The third-order valence-electron chi connectivity index (χ3n) is 3.10. The monoisotopic (exact) mass is 275 g/mol. The van der Waals surface area contributed by atoms with Crippen LogP contribution in [0.3, 0.4) is 0 Å². The minimum absolute atomic E-state index is 0.108. The largest absolute Gasteiger partial charge is 0.489 e. The molecule has 0 bridgehead atoms. The van der Waals surface area contributed by atoms with E-state index in [1.165, 1.54) is 5.56 Å². The zero-order chi connectivity index (χ0) is 13.8. The van der Waals surface area contributed by atoms with Crippen LogP contribution in [0.2, 0.25) is 5.02 Å². The van der Waals surface area contributed by atoms with Crippen molar-refractivity contribution in [1.29, 1.82) is 0 Å². The van der Waals surface area contributed by atoms with E-state index in [1.807, 2.05) is 31.2 Å². The number of ether oxygens (including phenoxy) is 1. The van der Waals surface area contributed by atoms with Gasteiger partial charge in [0.2, 0.25) is 0 Å². The molecule has 0 radical (unpaired) electrons. The Morgan fingerprint density at radius 3 is 2.16 bits per heavy atom. The Balaban J connectivity index is 2.04. The lowest BCUT2D eigenvalue weighted by molar-refractivity contribution is 0.190. The summed E-state index contributed by atoms with van der Waals surface area (Å²) in [6.45, 7) is 4.03. The molecule has 0 amide bonds. The Morgan fingerprint density at radius 1 is 1.00 bits per heavy atom. The van der Waals surface area contributed by atoms with Crippen LogP contribution in [0, 0.1) is 6.92 Å². The summed E-state index contributed by atoms with van der Waals surface area (Å²) in [6.07, 6.45) is -0.108. The molecule has 0 aromatic heterocycles. The second-order valence-electron chi connectivity index (χ2n) is 4.71. The van der Waals surface area contributed by atoms with Crippen LogP contribution in [0.1, 0.15) is 24.1 Å². The normalized spacial score (nSPS) is 13.9. The second-order valence-corrected chi connectivity index (χ2v) is 5.15. The topological polar surface area (TPSA) is 35.2 Å². The van der Waals surface area contributed by atoms with Gasteiger partial charge in [-0.3, -0.25) is 0 Å². The zero-order valence-electron chi connectivity index (χ0n) is 11.1. The molecule has 2 rings (SSSR count). The smallest absolute Gasteiger partial charge is 0.119 e. The second kappa shape index (κ2) is 6.09. The molecule has 19 heavy (non-hydrogen) atoms. The van der Waals surface area contributed by atoms with Crippen molar-refractivity contribution in [3.05, 3.63) is 64.7 Å². The third kappa shape index (κ3) is 3.72. The molecule has 0 aliphatic carbocycles. The maximum absolute atomic E-state index is 6.22. The third-order valence-corrected chi connectivity index (χ3v) is 3.36. The fraction of sp³-hybridized carbons (Fsp3) is 0.250. The van der Waals surface area contributed by atoms with E-state index in [1.54, 1.807) is 12.1 Å². The first kappa shape index (κ1) is 13.9. The van der Waals surface area contributed by atoms with E-state index in [0.717, 1.165) is 11.3 Å². The summed E-state index contributed by atoms with van der Waals surface area (Å²) in [7, 11) is 0. The summed E-state index contributed by atoms with van der Waals surface area (Å²) < 4.78 is 5.83. The highest BCUT2D eigenvalue weighted by atomic mass is 35.5. The molecule has 2 aromatic rings. The highest BCUT2D eigenvalue weighted by Crippen LogP contribution is 2.22. The number of hydrogen-bond donors (Lipinski definition) is 1. The van der Waals surface area contributed by atoms with Crippen molar-refractivity contribution in [3.8, 4) is 5.75 Å². The molecule has 0 aliphatic rings. The first-order chi connectivity index (χ1) is 9.06. The highest BCUT2D eigenvalue weighted by molar-refractivity contribution is 6.30. The number of hydrogen-bond acceptors (Lipinski definition) is 2. The molecule has 2 atom stereocenters. The van der Waals surface area contributed by atoms with Gasteiger partial charge >= 0.3 is 0 Å². The van der Waals surface area contributed by atoms with Gasteiger partial charge in [0.15, 0.2) is 0 Å². The van der Waals surface area contributed by atoms with Crippen LogP contribution in [0.15, 0.2) is 48.5 Å². The number of halogens is 1. The van der Waals surface area contributed by atoms with E-state index in [2.05, 4.69) is 19.1 Å². The average molecular weight is 276 g/mol. The van der Waals surface area contributed by atoms with Gasteiger partial charge in [-0.1, -0.05) is 41.4 Å². The lowest BCUT2D eigenvalue weighted by Gasteiger charge is -2.22. The predicted octanol–water partition coefficient (Wildman–Crippen LogP) is 4.12. The number of benzene rings is 2. The summed E-state index contributed by atoms with van der Waals surface area (Å²) >= 11 is 5.84. The SMILES string of the molecule is Cc1ccc(C(N)C(C)Oc2ccc(Cl)cc2)cc1. The molecule has 0 saturated carbocycles. The number of nitrogens with two attached hydrogens (primary N) is 1. The molecule has 2 N–H and O–H groups in total. The van der Waals surface area contributed by atoms with Crippen molar-refractivity contribution in [2.45, 2.75) is 26.0 Å². The predicted molar refractivity (Wildman–Crippen MR) is 79.6 cm³/mol. The molecule has 0 aliphatic heterocycles. The maximum atomic E-state index is 6.22. The van der Waals surface area contributed by atoms with E-state index in [9.17, 15) is 0 Å². The molecular formula is C16H18ClNO. The van der Waals surface area contributed by atoms with E-state index in [0.29, 0.717) is 5.02 Å². The zero-order valence-corrected chi connectivity index (χ0v) is 11.9. The van der Waals surface area contributed by atoms with E-state index in [-0.39, 0.29) is 12.1 Å². The number of rotatable bonds is 4. The molecule has 2 nitrogen and oxygen atoms in total. The van der Waals surface area contributed by atoms with E-state index >= 15 is 0 Å². The minimum atomic E-state index is -0.156. The fourth-order valence-corrected chi connectivity index (χ4v) is 1.99.